The third-order valence-corrected chi connectivity index (χ3v) is 2.71. The van der Waals surface area contributed by atoms with Crippen molar-refractivity contribution in [2.75, 3.05) is 13.7 Å². The second-order valence-electron chi connectivity index (χ2n) is 4.20. The fourth-order valence-corrected chi connectivity index (χ4v) is 1.86. The van der Waals surface area contributed by atoms with E-state index in [9.17, 15) is 0 Å². The molecule has 0 saturated carbocycles. The van der Waals surface area contributed by atoms with E-state index >= 15 is 0 Å². The van der Waals surface area contributed by atoms with Gasteiger partial charge in [0.1, 0.15) is 0 Å². The van der Waals surface area contributed by atoms with E-state index in [4.69, 9.17) is 4.74 Å². The lowest BCUT2D eigenvalue weighted by molar-refractivity contribution is 0.185. The zero-order chi connectivity index (χ0) is 12.6. The van der Waals surface area contributed by atoms with Gasteiger partial charge in [-0.3, -0.25) is 4.68 Å². The van der Waals surface area contributed by atoms with Gasteiger partial charge in [-0.2, -0.15) is 5.10 Å². The molecular weight excluding hydrogens is 226 g/mol. The Morgan fingerprint density at radius 3 is 2.94 bits per heavy atom. The first-order chi connectivity index (χ1) is 8.88. The number of nitrogens with zero attached hydrogens (tertiary/aromatic N) is 2. The number of methoxy groups -OCH3 is 1. The van der Waals surface area contributed by atoms with Gasteiger partial charge >= 0.3 is 0 Å². The van der Waals surface area contributed by atoms with Gasteiger partial charge in [0, 0.05) is 32.6 Å². The third kappa shape index (κ3) is 3.98. The number of benzene rings is 1. The third-order valence-electron chi connectivity index (χ3n) is 2.71. The van der Waals surface area contributed by atoms with Crippen molar-refractivity contribution in [3.05, 3.63) is 53.9 Å². The molecule has 0 aliphatic carbocycles. The van der Waals surface area contributed by atoms with Gasteiger partial charge in [-0.25, -0.2) is 0 Å². The molecule has 0 atom stereocenters. The summed E-state index contributed by atoms with van der Waals surface area (Å²) in [6.45, 7) is 3.35. The molecule has 1 aromatic heterocycles. The summed E-state index contributed by atoms with van der Waals surface area (Å²) in [6.07, 6.45) is 3.77. The predicted molar refractivity (Wildman–Crippen MR) is 71.1 cm³/mol. The van der Waals surface area contributed by atoms with E-state index < -0.39 is 0 Å². The van der Waals surface area contributed by atoms with E-state index in [2.05, 4.69) is 34.7 Å². The maximum absolute atomic E-state index is 5.13. The van der Waals surface area contributed by atoms with Crippen LogP contribution in [-0.4, -0.2) is 23.4 Å². The van der Waals surface area contributed by atoms with Crippen LogP contribution in [0.4, 0.5) is 0 Å². The molecule has 0 radical (unpaired) electrons. The number of hydrogen-bond acceptors (Lipinski definition) is 3. The van der Waals surface area contributed by atoms with Crippen LogP contribution < -0.4 is 5.32 Å². The minimum Gasteiger partial charge on any atom is -0.380 e. The number of hydrogen-bond donors (Lipinski definition) is 1. The van der Waals surface area contributed by atoms with Gasteiger partial charge < -0.3 is 10.1 Å². The van der Waals surface area contributed by atoms with Crippen molar-refractivity contribution in [2.45, 2.75) is 19.7 Å². The van der Waals surface area contributed by atoms with Gasteiger partial charge in [0.15, 0.2) is 0 Å². The Balaban J connectivity index is 1.74. The molecule has 0 amide bonds. The molecule has 0 bridgehead atoms. The van der Waals surface area contributed by atoms with Gasteiger partial charge in [-0.1, -0.05) is 24.3 Å². The molecule has 0 unspecified atom stereocenters. The summed E-state index contributed by atoms with van der Waals surface area (Å²) >= 11 is 0. The fourth-order valence-electron chi connectivity index (χ4n) is 1.86. The number of aromatic nitrogens is 2. The SMILES string of the molecule is COCc1cccc(CNCCn2cccn2)c1. The number of ether oxygens (including phenoxy) is 1. The fraction of sp³-hybridized carbons (Fsp3) is 0.357. The molecule has 96 valence electrons. The first-order valence-electron chi connectivity index (χ1n) is 6.13. The second kappa shape index (κ2) is 6.93. The van der Waals surface area contributed by atoms with Gasteiger partial charge in [0.05, 0.1) is 13.2 Å². The molecule has 1 N–H and O–H groups in total. The zero-order valence-electron chi connectivity index (χ0n) is 10.7. The standard InChI is InChI=1S/C14H19N3O/c1-18-12-14-5-2-4-13(10-14)11-15-7-9-17-8-3-6-16-17/h2-6,8,10,15H,7,9,11-12H2,1H3. The van der Waals surface area contributed by atoms with Crippen molar-refractivity contribution in [1.29, 1.82) is 0 Å². The lowest BCUT2D eigenvalue weighted by atomic mass is 10.1. The molecule has 0 saturated heterocycles. The minimum absolute atomic E-state index is 0.668. The normalized spacial score (nSPS) is 10.7. The Bertz CT molecular complexity index is 454. The van der Waals surface area contributed by atoms with Crippen molar-refractivity contribution in [3.8, 4) is 0 Å². The molecule has 0 aliphatic rings. The Hall–Kier alpha value is -1.65. The molecule has 0 fully saturated rings. The predicted octanol–water partition coefficient (Wildman–Crippen LogP) is 1.82. The highest BCUT2D eigenvalue weighted by Crippen LogP contribution is 2.06. The first-order valence-corrected chi connectivity index (χ1v) is 6.13. The van der Waals surface area contributed by atoms with E-state index in [-0.39, 0.29) is 0 Å². The van der Waals surface area contributed by atoms with Crippen molar-refractivity contribution < 1.29 is 4.74 Å². The lowest BCUT2D eigenvalue weighted by Crippen LogP contribution is -2.19. The highest BCUT2D eigenvalue weighted by atomic mass is 16.5. The summed E-state index contributed by atoms with van der Waals surface area (Å²) in [5, 5.41) is 7.57. The van der Waals surface area contributed by atoms with Crippen LogP contribution in [-0.2, 0) is 24.4 Å². The molecule has 2 aromatic rings. The molecule has 0 aliphatic heterocycles. The van der Waals surface area contributed by atoms with Gasteiger partial charge in [0.2, 0.25) is 0 Å². The van der Waals surface area contributed by atoms with Crippen LogP contribution in [0.1, 0.15) is 11.1 Å². The van der Waals surface area contributed by atoms with Crippen molar-refractivity contribution in [2.24, 2.45) is 0 Å². The molecule has 18 heavy (non-hydrogen) atoms. The van der Waals surface area contributed by atoms with Crippen LogP contribution in [0.2, 0.25) is 0 Å². The second-order valence-corrected chi connectivity index (χ2v) is 4.20. The Kier molecular flexibility index (Phi) is 4.93. The average Bonchev–Trinajstić information content (AvgIpc) is 2.89. The Morgan fingerprint density at radius 1 is 1.28 bits per heavy atom. The summed E-state index contributed by atoms with van der Waals surface area (Å²) in [6, 6.07) is 10.4. The topological polar surface area (TPSA) is 39.1 Å². The molecular formula is C14H19N3O. The molecule has 4 heteroatoms. The van der Waals surface area contributed by atoms with E-state index in [0.29, 0.717) is 6.61 Å². The molecule has 2 rings (SSSR count). The first kappa shape index (κ1) is 12.8. The van der Waals surface area contributed by atoms with Crippen LogP contribution >= 0.6 is 0 Å². The summed E-state index contributed by atoms with van der Waals surface area (Å²) in [5.74, 6) is 0. The van der Waals surface area contributed by atoms with Gasteiger partial charge in [-0.15, -0.1) is 0 Å². The van der Waals surface area contributed by atoms with E-state index in [1.165, 1.54) is 11.1 Å². The van der Waals surface area contributed by atoms with Gasteiger partial charge in [0.25, 0.3) is 0 Å². The summed E-state index contributed by atoms with van der Waals surface area (Å²) < 4.78 is 7.05. The van der Waals surface area contributed by atoms with Gasteiger partial charge in [-0.05, 0) is 17.2 Å². The van der Waals surface area contributed by atoms with Crippen LogP contribution in [0.5, 0.6) is 0 Å². The molecule has 0 spiro atoms. The van der Waals surface area contributed by atoms with E-state index in [0.717, 1.165) is 19.6 Å². The number of rotatable bonds is 7. The van der Waals surface area contributed by atoms with E-state index in [1.807, 2.05) is 16.9 Å². The highest BCUT2D eigenvalue weighted by Gasteiger charge is 1.96. The van der Waals surface area contributed by atoms with Crippen LogP contribution in [0, 0.1) is 0 Å². The Labute approximate surface area is 108 Å². The summed E-state index contributed by atoms with van der Waals surface area (Å²) in [5.41, 5.74) is 2.49. The van der Waals surface area contributed by atoms with Crippen LogP contribution in [0.25, 0.3) is 0 Å². The molecule has 1 heterocycles. The maximum atomic E-state index is 5.13. The van der Waals surface area contributed by atoms with E-state index in [1.54, 1.807) is 13.3 Å². The summed E-state index contributed by atoms with van der Waals surface area (Å²) in [4.78, 5) is 0. The monoisotopic (exact) mass is 245 g/mol. The van der Waals surface area contributed by atoms with Crippen LogP contribution in [0.3, 0.4) is 0 Å². The average molecular weight is 245 g/mol. The minimum atomic E-state index is 0.668. The largest absolute Gasteiger partial charge is 0.380 e. The van der Waals surface area contributed by atoms with Crippen molar-refractivity contribution in [1.82, 2.24) is 15.1 Å². The van der Waals surface area contributed by atoms with Crippen LogP contribution in [0.15, 0.2) is 42.7 Å². The smallest absolute Gasteiger partial charge is 0.0713 e. The Morgan fingerprint density at radius 2 is 2.17 bits per heavy atom. The van der Waals surface area contributed by atoms with Crippen molar-refractivity contribution >= 4 is 0 Å². The highest BCUT2D eigenvalue weighted by molar-refractivity contribution is 5.22. The maximum Gasteiger partial charge on any atom is 0.0713 e. The van der Waals surface area contributed by atoms with Crippen molar-refractivity contribution in [3.63, 3.8) is 0 Å². The quantitative estimate of drug-likeness (QED) is 0.756. The molecule has 4 nitrogen and oxygen atoms in total. The number of nitrogens with one attached hydrogen (secondary N) is 1. The summed E-state index contributed by atoms with van der Waals surface area (Å²) in [7, 11) is 1.72. The molecule has 1 aromatic carbocycles. The zero-order valence-corrected chi connectivity index (χ0v) is 10.7. The lowest BCUT2D eigenvalue weighted by Gasteiger charge is -2.07.